The van der Waals surface area contributed by atoms with Gasteiger partial charge in [0.2, 0.25) is 0 Å². The van der Waals surface area contributed by atoms with E-state index in [2.05, 4.69) is 33.1 Å². The minimum absolute atomic E-state index is 1.08. The average Bonchev–Trinajstić information content (AvgIpc) is 2.90. The van der Waals surface area contributed by atoms with Gasteiger partial charge in [-0.1, -0.05) is 12.1 Å². The van der Waals surface area contributed by atoms with Crippen molar-refractivity contribution in [2.24, 2.45) is 0 Å². The van der Waals surface area contributed by atoms with Crippen molar-refractivity contribution in [3.8, 4) is 5.69 Å². The molecule has 0 saturated carbocycles. The third-order valence-electron chi connectivity index (χ3n) is 4.34. The molecule has 1 aliphatic heterocycles. The molecule has 0 amide bonds. The van der Waals surface area contributed by atoms with Gasteiger partial charge in [-0.15, -0.1) is 0 Å². The number of hydrogen-bond donors (Lipinski definition) is 1. The Morgan fingerprint density at radius 1 is 1.05 bits per heavy atom. The highest BCUT2D eigenvalue weighted by Gasteiger charge is 2.19. The van der Waals surface area contributed by atoms with Gasteiger partial charge in [-0.2, -0.15) is 0 Å². The van der Waals surface area contributed by atoms with Gasteiger partial charge in [0, 0.05) is 12.2 Å². The Morgan fingerprint density at radius 2 is 2.00 bits per heavy atom. The van der Waals surface area contributed by atoms with Gasteiger partial charge in [0.05, 0.1) is 23.4 Å². The van der Waals surface area contributed by atoms with Crippen LogP contribution in [0.25, 0.3) is 5.69 Å². The lowest BCUT2D eigenvalue weighted by Gasteiger charge is -2.23. The van der Waals surface area contributed by atoms with Crippen molar-refractivity contribution in [2.45, 2.75) is 38.5 Å². The molecule has 3 heteroatoms. The summed E-state index contributed by atoms with van der Waals surface area (Å²) in [6.07, 6.45) is 9.33. The number of hydrogen-bond acceptors (Lipinski definition) is 2. The second kappa shape index (κ2) is 4.41. The summed E-state index contributed by atoms with van der Waals surface area (Å²) in [5.74, 6) is 0. The van der Waals surface area contributed by atoms with Crippen LogP contribution in [0.15, 0.2) is 24.5 Å². The number of aromatic nitrogens is 2. The van der Waals surface area contributed by atoms with Gasteiger partial charge in [0.1, 0.15) is 0 Å². The van der Waals surface area contributed by atoms with E-state index in [1.807, 2.05) is 6.33 Å². The molecule has 0 unspecified atom stereocenters. The van der Waals surface area contributed by atoms with Crippen LogP contribution in [0, 0.1) is 0 Å². The summed E-state index contributed by atoms with van der Waals surface area (Å²) in [4.78, 5) is 4.62. The highest BCUT2D eigenvalue weighted by molar-refractivity contribution is 5.67. The first-order valence-corrected chi connectivity index (χ1v) is 7.35. The van der Waals surface area contributed by atoms with Crippen LogP contribution in [0.1, 0.15) is 36.2 Å². The number of nitrogens with zero attached hydrogens (tertiary/aromatic N) is 2. The Balaban J connectivity index is 1.86. The minimum atomic E-state index is 1.08. The molecule has 1 N–H and O–H groups in total. The van der Waals surface area contributed by atoms with Crippen molar-refractivity contribution in [2.75, 3.05) is 11.9 Å². The van der Waals surface area contributed by atoms with Crippen LogP contribution in [0.3, 0.4) is 0 Å². The van der Waals surface area contributed by atoms with Gasteiger partial charge >= 0.3 is 0 Å². The molecule has 19 heavy (non-hydrogen) atoms. The van der Waals surface area contributed by atoms with Crippen molar-refractivity contribution < 1.29 is 0 Å². The van der Waals surface area contributed by atoms with E-state index in [0.717, 1.165) is 13.0 Å². The molecular weight excluding hydrogens is 234 g/mol. The lowest BCUT2D eigenvalue weighted by atomic mass is 9.99. The summed E-state index contributed by atoms with van der Waals surface area (Å²) in [7, 11) is 0. The summed E-state index contributed by atoms with van der Waals surface area (Å²) in [5.41, 5.74) is 6.78. The maximum Gasteiger partial charge on any atom is 0.0998 e. The van der Waals surface area contributed by atoms with Gasteiger partial charge in [-0.25, -0.2) is 4.98 Å². The summed E-state index contributed by atoms with van der Waals surface area (Å²) in [6, 6.07) is 6.64. The standard InChI is InChI=1S/C16H19N3/c1-2-8-14-13(7-1)18-11-19(14)15-9-3-5-12-6-4-10-17-16(12)15/h3,5,9,11,17H,1-2,4,6-8,10H2. The fraction of sp³-hybridized carbons (Fsp3) is 0.438. The fourth-order valence-electron chi connectivity index (χ4n) is 3.37. The normalized spacial score (nSPS) is 17.5. The molecule has 0 spiro atoms. The zero-order valence-corrected chi connectivity index (χ0v) is 11.2. The predicted octanol–water partition coefficient (Wildman–Crippen LogP) is 3.11. The smallest absolute Gasteiger partial charge is 0.0998 e. The van der Waals surface area contributed by atoms with E-state index in [4.69, 9.17) is 0 Å². The van der Waals surface area contributed by atoms with Crippen LogP contribution in [-0.2, 0) is 19.3 Å². The molecule has 2 aromatic rings. The summed E-state index contributed by atoms with van der Waals surface area (Å²) >= 11 is 0. The van der Waals surface area contributed by atoms with Crippen LogP contribution in [0.4, 0.5) is 5.69 Å². The second-order valence-corrected chi connectivity index (χ2v) is 5.56. The monoisotopic (exact) mass is 253 g/mol. The number of imidazole rings is 1. The summed E-state index contributed by atoms with van der Waals surface area (Å²) in [5, 5.41) is 3.58. The molecular formula is C16H19N3. The van der Waals surface area contributed by atoms with Gasteiger partial charge in [0.15, 0.2) is 0 Å². The molecule has 1 aromatic carbocycles. The average molecular weight is 253 g/mol. The van der Waals surface area contributed by atoms with E-state index in [1.54, 1.807) is 0 Å². The third kappa shape index (κ3) is 1.76. The van der Waals surface area contributed by atoms with Crippen molar-refractivity contribution in [3.63, 3.8) is 0 Å². The Labute approximate surface area is 113 Å². The van der Waals surface area contributed by atoms with E-state index in [-0.39, 0.29) is 0 Å². The molecule has 0 atom stereocenters. The zero-order chi connectivity index (χ0) is 12.7. The minimum Gasteiger partial charge on any atom is -0.383 e. The predicted molar refractivity (Wildman–Crippen MR) is 77.0 cm³/mol. The van der Waals surface area contributed by atoms with Crippen LogP contribution < -0.4 is 5.32 Å². The zero-order valence-electron chi connectivity index (χ0n) is 11.2. The summed E-state index contributed by atoms with van der Waals surface area (Å²) < 4.78 is 2.31. The molecule has 0 fully saturated rings. The Hall–Kier alpha value is -1.77. The number of rotatable bonds is 1. The molecule has 2 heterocycles. The maximum absolute atomic E-state index is 4.62. The van der Waals surface area contributed by atoms with E-state index < -0.39 is 0 Å². The number of anilines is 1. The number of nitrogens with one attached hydrogen (secondary N) is 1. The molecule has 0 radical (unpaired) electrons. The van der Waals surface area contributed by atoms with Crippen molar-refractivity contribution in [1.29, 1.82) is 0 Å². The van der Waals surface area contributed by atoms with Gasteiger partial charge in [0.25, 0.3) is 0 Å². The van der Waals surface area contributed by atoms with E-state index in [1.165, 1.54) is 60.4 Å². The first-order chi connectivity index (χ1) is 9.43. The van der Waals surface area contributed by atoms with Crippen molar-refractivity contribution in [3.05, 3.63) is 41.5 Å². The molecule has 98 valence electrons. The molecule has 1 aliphatic carbocycles. The van der Waals surface area contributed by atoms with E-state index in [0.29, 0.717) is 0 Å². The fourth-order valence-corrected chi connectivity index (χ4v) is 3.37. The van der Waals surface area contributed by atoms with Crippen LogP contribution in [0.2, 0.25) is 0 Å². The highest BCUT2D eigenvalue weighted by Crippen LogP contribution is 2.31. The van der Waals surface area contributed by atoms with E-state index >= 15 is 0 Å². The third-order valence-corrected chi connectivity index (χ3v) is 4.34. The first kappa shape index (κ1) is 11.1. The summed E-state index contributed by atoms with van der Waals surface area (Å²) in [6.45, 7) is 1.08. The highest BCUT2D eigenvalue weighted by atomic mass is 15.1. The maximum atomic E-state index is 4.62. The Bertz CT molecular complexity index is 612. The molecule has 2 aliphatic rings. The first-order valence-electron chi connectivity index (χ1n) is 7.35. The number of fused-ring (bicyclic) bond motifs is 2. The lowest BCUT2D eigenvalue weighted by Crippen LogP contribution is -2.15. The Kier molecular flexibility index (Phi) is 2.57. The van der Waals surface area contributed by atoms with Gasteiger partial charge in [-0.3, -0.25) is 0 Å². The number of aryl methyl sites for hydroxylation is 2. The van der Waals surface area contributed by atoms with E-state index in [9.17, 15) is 0 Å². The topological polar surface area (TPSA) is 29.9 Å². The number of benzene rings is 1. The molecule has 4 rings (SSSR count). The lowest BCUT2D eigenvalue weighted by molar-refractivity contribution is 0.655. The molecule has 3 nitrogen and oxygen atoms in total. The molecule has 1 aromatic heterocycles. The molecule has 0 bridgehead atoms. The second-order valence-electron chi connectivity index (χ2n) is 5.56. The SMILES string of the molecule is c1cc2c(c(-n3cnc4c3CCCC4)c1)NCCC2. The molecule has 0 saturated heterocycles. The van der Waals surface area contributed by atoms with Crippen molar-refractivity contribution >= 4 is 5.69 Å². The largest absolute Gasteiger partial charge is 0.383 e. The van der Waals surface area contributed by atoms with Crippen LogP contribution >= 0.6 is 0 Å². The van der Waals surface area contributed by atoms with Crippen LogP contribution in [-0.4, -0.2) is 16.1 Å². The van der Waals surface area contributed by atoms with Crippen LogP contribution in [0.5, 0.6) is 0 Å². The van der Waals surface area contributed by atoms with Gasteiger partial charge in [-0.05, 0) is 50.2 Å². The van der Waals surface area contributed by atoms with Crippen molar-refractivity contribution in [1.82, 2.24) is 9.55 Å². The quantitative estimate of drug-likeness (QED) is 0.846. The van der Waals surface area contributed by atoms with Gasteiger partial charge < -0.3 is 9.88 Å². The Morgan fingerprint density at radius 3 is 3.00 bits per heavy atom. The number of para-hydroxylation sites is 1.